The van der Waals surface area contributed by atoms with Gasteiger partial charge in [0.25, 0.3) is 5.56 Å². The van der Waals surface area contributed by atoms with E-state index in [1.165, 1.54) is 0 Å². The smallest absolute Gasteiger partial charge is 0.254 e. The van der Waals surface area contributed by atoms with E-state index in [9.17, 15) is 4.79 Å². The summed E-state index contributed by atoms with van der Waals surface area (Å²) in [6, 6.07) is 3.84. The zero-order chi connectivity index (χ0) is 12.3. The van der Waals surface area contributed by atoms with Gasteiger partial charge < -0.3 is 4.98 Å². The Kier molecular flexibility index (Phi) is 3.32. The van der Waals surface area contributed by atoms with Crippen molar-refractivity contribution in [1.29, 1.82) is 0 Å². The second kappa shape index (κ2) is 4.91. The highest BCUT2D eigenvalue weighted by Crippen LogP contribution is 2.05. The number of aromatic nitrogens is 3. The van der Waals surface area contributed by atoms with E-state index < -0.39 is 0 Å². The number of nitrogens with zero attached hydrogens (tertiary/aromatic N) is 2. The summed E-state index contributed by atoms with van der Waals surface area (Å²) in [7, 11) is 0. The lowest BCUT2D eigenvalue weighted by atomic mass is 10.1. The molecule has 0 aliphatic rings. The van der Waals surface area contributed by atoms with Crippen LogP contribution in [0.2, 0.25) is 0 Å². The molecule has 0 aliphatic heterocycles. The number of aryl methyl sites for hydroxylation is 1. The molecule has 2 aromatic heterocycles. The van der Waals surface area contributed by atoms with E-state index in [0.717, 1.165) is 17.7 Å². The molecule has 0 spiro atoms. The van der Waals surface area contributed by atoms with Gasteiger partial charge in [-0.1, -0.05) is 6.92 Å². The first kappa shape index (κ1) is 11.5. The number of pyridine rings is 1. The molecule has 0 bridgehead atoms. The lowest BCUT2D eigenvalue weighted by Crippen LogP contribution is -2.17. The van der Waals surface area contributed by atoms with Crippen LogP contribution in [0.1, 0.15) is 29.6 Å². The van der Waals surface area contributed by atoms with Crippen molar-refractivity contribution in [2.24, 2.45) is 0 Å². The minimum atomic E-state index is -0.0408. The molecule has 88 valence electrons. The Balaban J connectivity index is 2.34. The van der Waals surface area contributed by atoms with E-state index in [1.54, 1.807) is 19.3 Å². The van der Waals surface area contributed by atoms with E-state index in [-0.39, 0.29) is 5.56 Å². The molecule has 17 heavy (non-hydrogen) atoms. The fourth-order valence-electron chi connectivity index (χ4n) is 1.75. The molecule has 0 unspecified atom stereocenters. The quantitative estimate of drug-likeness (QED) is 0.870. The molecule has 0 fully saturated rings. The third kappa shape index (κ3) is 2.58. The monoisotopic (exact) mass is 229 g/mol. The average Bonchev–Trinajstić information content (AvgIpc) is 2.35. The van der Waals surface area contributed by atoms with Crippen molar-refractivity contribution in [3.05, 3.63) is 57.5 Å². The molecule has 0 aromatic carbocycles. The molecule has 4 nitrogen and oxygen atoms in total. The van der Waals surface area contributed by atoms with Crippen LogP contribution in [0.5, 0.6) is 0 Å². The summed E-state index contributed by atoms with van der Waals surface area (Å²) < 4.78 is 0. The summed E-state index contributed by atoms with van der Waals surface area (Å²) in [5.74, 6) is 0.712. The van der Waals surface area contributed by atoms with Gasteiger partial charge in [0.05, 0.1) is 5.69 Å². The van der Waals surface area contributed by atoms with Crippen LogP contribution < -0.4 is 5.56 Å². The summed E-state index contributed by atoms with van der Waals surface area (Å²) >= 11 is 0. The topological polar surface area (TPSA) is 58.6 Å². The fraction of sp³-hybridized carbons (Fsp3) is 0.308. The first-order valence-corrected chi connectivity index (χ1v) is 5.68. The van der Waals surface area contributed by atoms with Gasteiger partial charge in [-0.05, 0) is 31.0 Å². The molecule has 0 atom stereocenters. The zero-order valence-electron chi connectivity index (χ0n) is 10.0. The van der Waals surface area contributed by atoms with Crippen molar-refractivity contribution in [3.63, 3.8) is 0 Å². The third-order valence-corrected chi connectivity index (χ3v) is 2.76. The largest absolute Gasteiger partial charge is 0.310 e. The van der Waals surface area contributed by atoms with Gasteiger partial charge in [-0.15, -0.1) is 0 Å². The van der Waals surface area contributed by atoms with Gasteiger partial charge >= 0.3 is 0 Å². The Morgan fingerprint density at radius 2 is 2.00 bits per heavy atom. The number of aromatic amines is 1. The van der Waals surface area contributed by atoms with Gasteiger partial charge in [0, 0.05) is 24.4 Å². The van der Waals surface area contributed by atoms with Crippen LogP contribution in [-0.4, -0.2) is 15.0 Å². The molecule has 1 N–H and O–H groups in total. The molecule has 2 aromatic rings. The standard InChI is InChI=1S/C13H15N3O/c1-3-11-9(2)13(17)16-12(15-11)8-10-4-6-14-7-5-10/h4-7H,3,8H2,1-2H3,(H,15,16,17). The molecule has 2 rings (SSSR count). The highest BCUT2D eigenvalue weighted by molar-refractivity contribution is 5.20. The molecule has 0 amide bonds. The van der Waals surface area contributed by atoms with Crippen molar-refractivity contribution >= 4 is 0 Å². The number of rotatable bonds is 3. The van der Waals surface area contributed by atoms with Crippen molar-refractivity contribution in [3.8, 4) is 0 Å². The number of nitrogens with one attached hydrogen (secondary N) is 1. The Bertz CT molecular complexity index is 561. The normalized spacial score (nSPS) is 10.5. The van der Waals surface area contributed by atoms with Gasteiger partial charge in [0.2, 0.25) is 0 Å². The molecule has 2 heterocycles. The van der Waals surface area contributed by atoms with Crippen LogP contribution in [0.4, 0.5) is 0 Å². The summed E-state index contributed by atoms with van der Waals surface area (Å²) in [6.45, 7) is 3.81. The maximum Gasteiger partial charge on any atom is 0.254 e. The van der Waals surface area contributed by atoms with Gasteiger partial charge in [0.15, 0.2) is 0 Å². The molecular formula is C13H15N3O. The fourth-order valence-corrected chi connectivity index (χ4v) is 1.75. The van der Waals surface area contributed by atoms with Crippen LogP contribution in [0.3, 0.4) is 0 Å². The van der Waals surface area contributed by atoms with Gasteiger partial charge in [-0.2, -0.15) is 0 Å². The van der Waals surface area contributed by atoms with Crippen molar-refractivity contribution in [1.82, 2.24) is 15.0 Å². The van der Waals surface area contributed by atoms with Crippen LogP contribution in [0, 0.1) is 6.92 Å². The molecule has 4 heteroatoms. The van der Waals surface area contributed by atoms with Gasteiger partial charge in [-0.25, -0.2) is 4.98 Å². The van der Waals surface area contributed by atoms with Crippen molar-refractivity contribution in [2.45, 2.75) is 26.7 Å². The van der Waals surface area contributed by atoms with Crippen LogP contribution >= 0.6 is 0 Å². The SMILES string of the molecule is CCc1nc(Cc2ccncc2)[nH]c(=O)c1C. The van der Waals surface area contributed by atoms with Crippen molar-refractivity contribution < 1.29 is 0 Å². The summed E-state index contributed by atoms with van der Waals surface area (Å²) in [5, 5.41) is 0. The predicted octanol–water partition coefficient (Wildman–Crippen LogP) is 1.63. The maximum absolute atomic E-state index is 11.7. The van der Waals surface area contributed by atoms with E-state index in [2.05, 4.69) is 15.0 Å². The van der Waals surface area contributed by atoms with E-state index >= 15 is 0 Å². The average molecular weight is 229 g/mol. The lowest BCUT2D eigenvalue weighted by molar-refractivity contribution is 0.867. The van der Waals surface area contributed by atoms with E-state index in [4.69, 9.17) is 0 Å². The summed E-state index contributed by atoms with van der Waals surface area (Å²) in [4.78, 5) is 22.9. The zero-order valence-corrected chi connectivity index (χ0v) is 10.0. The molecule has 0 aliphatic carbocycles. The Morgan fingerprint density at radius 3 is 2.65 bits per heavy atom. The number of H-pyrrole nitrogens is 1. The Hall–Kier alpha value is -1.97. The molecule has 0 radical (unpaired) electrons. The predicted molar refractivity (Wildman–Crippen MR) is 66.0 cm³/mol. The van der Waals surface area contributed by atoms with E-state index in [0.29, 0.717) is 17.8 Å². The van der Waals surface area contributed by atoms with Gasteiger partial charge in [-0.3, -0.25) is 9.78 Å². The second-order valence-electron chi connectivity index (χ2n) is 3.97. The Labute approximate surface area is 99.8 Å². The van der Waals surface area contributed by atoms with Crippen molar-refractivity contribution in [2.75, 3.05) is 0 Å². The first-order valence-electron chi connectivity index (χ1n) is 5.68. The molecular weight excluding hydrogens is 214 g/mol. The highest BCUT2D eigenvalue weighted by Gasteiger charge is 2.06. The molecule has 0 saturated heterocycles. The first-order chi connectivity index (χ1) is 8.20. The number of hydrogen-bond acceptors (Lipinski definition) is 3. The minimum Gasteiger partial charge on any atom is -0.310 e. The van der Waals surface area contributed by atoms with Gasteiger partial charge in [0.1, 0.15) is 5.82 Å². The Morgan fingerprint density at radius 1 is 1.29 bits per heavy atom. The third-order valence-electron chi connectivity index (χ3n) is 2.76. The number of hydrogen-bond donors (Lipinski definition) is 1. The molecule has 0 saturated carbocycles. The minimum absolute atomic E-state index is 0.0408. The van der Waals surface area contributed by atoms with Crippen LogP contribution in [-0.2, 0) is 12.8 Å². The summed E-state index contributed by atoms with van der Waals surface area (Å²) in [6.07, 6.45) is 4.88. The second-order valence-corrected chi connectivity index (χ2v) is 3.97. The summed E-state index contributed by atoms with van der Waals surface area (Å²) in [5.41, 5.74) is 2.64. The maximum atomic E-state index is 11.7. The van der Waals surface area contributed by atoms with Crippen LogP contribution in [0.25, 0.3) is 0 Å². The van der Waals surface area contributed by atoms with Crippen LogP contribution in [0.15, 0.2) is 29.3 Å². The van der Waals surface area contributed by atoms with E-state index in [1.807, 2.05) is 19.1 Å². The highest BCUT2D eigenvalue weighted by atomic mass is 16.1. The lowest BCUT2D eigenvalue weighted by Gasteiger charge is -2.05.